The van der Waals surface area contributed by atoms with Crippen LogP contribution in [0.3, 0.4) is 0 Å². The van der Waals surface area contributed by atoms with Crippen LogP contribution in [0.4, 0.5) is 18.9 Å². The highest BCUT2D eigenvalue weighted by atomic mass is 32.2. The number of alkyl halides is 3. The summed E-state index contributed by atoms with van der Waals surface area (Å²) in [5, 5.41) is -1.48. The third-order valence-corrected chi connectivity index (χ3v) is 6.03. The van der Waals surface area contributed by atoms with Gasteiger partial charge in [-0.3, -0.25) is 4.79 Å². The quantitative estimate of drug-likeness (QED) is 0.789. The minimum Gasteiger partial charge on any atom is -0.314 e. The number of carbonyl (C=O) groups excluding carboxylic acids is 1. The summed E-state index contributed by atoms with van der Waals surface area (Å²) < 4.78 is 64.3. The molecule has 0 fully saturated rings. The first-order chi connectivity index (χ1) is 12.0. The molecule has 2 rings (SSSR count). The number of hydrogen-bond donors (Lipinski definition) is 0. The van der Waals surface area contributed by atoms with Crippen molar-refractivity contribution in [2.75, 3.05) is 11.9 Å². The second-order valence-corrected chi connectivity index (χ2v) is 8.16. The van der Waals surface area contributed by atoms with Crippen LogP contribution in [0.1, 0.15) is 18.1 Å². The molecule has 0 bridgehead atoms. The number of nitrogens with zero attached hydrogens (tertiary/aromatic N) is 1. The Kier molecular flexibility index (Phi) is 5.75. The normalized spacial score (nSPS) is 13.3. The topological polar surface area (TPSA) is 54.5 Å². The summed E-state index contributed by atoms with van der Waals surface area (Å²) in [4.78, 5) is 13.7. The van der Waals surface area contributed by atoms with Crippen LogP contribution in [-0.2, 0) is 26.6 Å². The van der Waals surface area contributed by atoms with Gasteiger partial charge in [0.05, 0.1) is 11.3 Å². The van der Waals surface area contributed by atoms with Crippen molar-refractivity contribution in [1.29, 1.82) is 0 Å². The van der Waals surface area contributed by atoms with Crippen LogP contribution in [0.5, 0.6) is 0 Å². The van der Waals surface area contributed by atoms with Gasteiger partial charge in [-0.15, -0.1) is 0 Å². The molecule has 2 aromatic rings. The van der Waals surface area contributed by atoms with Crippen molar-refractivity contribution in [2.45, 2.75) is 24.1 Å². The molecule has 0 saturated carbocycles. The molecule has 2 aromatic carbocycles. The summed E-state index contributed by atoms with van der Waals surface area (Å²) in [6.45, 7) is 1.19. The number of anilines is 1. The second-order valence-electron chi connectivity index (χ2n) is 5.84. The van der Waals surface area contributed by atoms with Crippen LogP contribution >= 0.6 is 0 Å². The highest BCUT2D eigenvalue weighted by molar-refractivity contribution is 7.92. The number of amides is 1. The zero-order valence-electron chi connectivity index (χ0n) is 14.2. The summed E-state index contributed by atoms with van der Waals surface area (Å²) in [7, 11) is -2.72. The Hall–Kier alpha value is -2.35. The predicted octanol–water partition coefficient (Wildman–Crippen LogP) is 3.67. The van der Waals surface area contributed by atoms with E-state index in [1.165, 1.54) is 31.0 Å². The highest BCUT2D eigenvalue weighted by Crippen LogP contribution is 2.33. The molecular formula is C18H18F3NO3S. The van der Waals surface area contributed by atoms with Gasteiger partial charge in [-0.1, -0.05) is 36.4 Å². The molecule has 1 atom stereocenters. The van der Waals surface area contributed by atoms with Gasteiger partial charge in [0.2, 0.25) is 5.91 Å². The van der Waals surface area contributed by atoms with Crippen LogP contribution in [0.2, 0.25) is 0 Å². The second kappa shape index (κ2) is 7.49. The summed E-state index contributed by atoms with van der Waals surface area (Å²) >= 11 is 0. The summed E-state index contributed by atoms with van der Waals surface area (Å²) in [5.41, 5.74) is -0.892. The number of carbonyl (C=O) groups is 1. The van der Waals surface area contributed by atoms with Crippen LogP contribution in [0.25, 0.3) is 0 Å². The van der Waals surface area contributed by atoms with Crippen LogP contribution < -0.4 is 4.90 Å². The lowest BCUT2D eigenvalue weighted by atomic mass is 10.1. The van der Waals surface area contributed by atoms with Crippen molar-refractivity contribution in [3.05, 3.63) is 65.7 Å². The number of para-hydroxylation sites is 1. The smallest absolute Gasteiger partial charge is 0.314 e. The first kappa shape index (κ1) is 20.0. The molecule has 0 N–H and O–H groups in total. The van der Waals surface area contributed by atoms with E-state index < -0.39 is 38.5 Å². The summed E-state index contributed by atoms with van der Waals surface area (Å²) in [6.07, 6.45) is -4.67. The van der Waals surface area contributed by atoms with Gasteiger partial charge in [0.25, 0.3) is 0 Å². The van der Waals surface area contributed by atoms with Crippen LogP contribution in [-0.4, -0.2) is 26.6 Å². The number of halogens is 3. The average molecular weight is 385 g/mol. The Morgan fingerprint density at radius 3 is 2.15 bits per heavy atom. The first-order valence-corrected chi connectivity index (χ1v) is 9.45. The van der Waals surface area contributed by atoms with Crippen LogP contribution in [0.15, 0.2) is 54.6 Å². The van der Waals surface area contributed by atoms with Gasteiger partial charge in [-0.05, 0) is 30.7 Å². The van der Waals surface area contributed by atoms with Gasteiger partial charge in [-0.25, -0.2) is 8.42 Å². The largest absolute Gasteiger partial charge is 0.416 e. The van der Waals surface area contributed by atoms with E-state index in [4.69, 9.17) is 0 Å². The Bertz CT molecular complexity index is 880. The molecule has 0 aliphatic carbocycles. The molecule has 0 unspecified atom stereocenters. The van der Waals surface area contributed by atoms with Gasteiger partial charge in [0.15, 0.2) is 9.84 Å². The fourth-order valence-corrected chi connectivity index (χ4v) is 3.87. The summed E-state index contributed by atoms with van der Waals surface area (Å²) in [5.74, 6) is -1.57. The minimum absolute atomic E-state index is 0.373. The lowest BCUT2D eigenvalue weighted by molar-refractivity contribution is -0.138. The number of hydrogen-bond acceptors (Lipinski definition) is 3. The Morgan fingerprint density at radius 2 is 1.58 bits per heavy atom. The number of benzene rings is 2. The predicted molar refractivity (Wildman–Crippen MR) is 93.4 cm³/mol. The molecule has 26 heavy (non-hydrogen) atoms. The maximum atomic E-state index is 13.1. The molecule has 0 saturated heterocycles. The van der Waals surface area contributed by atoms with Gasteiger partial charge in [0, 0.05) is 12.7 Å². The van der Waals surface area contributed by atoms with E-state index >= 15 is 0 Å². The van der Waals surface area contributed by atoms with E-state index in [0.717, 1.165) is 12.1 Å². The van der Waals surface area contributed by atoms with Crippen molar-refractivity contribution >= 4 is 21.4 Å². The van der Waals surface area contributed by atoms with Crippen molar-refractivity contribution in [1.82, 2.24) is 0 Å². The molecule has 0 heterocycles. The molecule has 0 aliphatic rings. The van der Waals surface area contributed by atoms with Gasteiger partial charge < -0.3 is 4.90 Å². The third-order valence-electron chi connectivity index (χ3n) is 4.04. The monoisotopic (exact) mass is 385 g/mol. The molecule has 0 aromatic heterocycles. The molecule has 0 radical (unpaired) electrons. The van der Waals surface area contributed by atoms with E-state index in [-0.39, 0.29) is 5.56 Å². The van der Waals surface area contributed by atoms with Gasteiger partial charge in [0.1, 0.15) is 5.25 Å². The van der Waals surface area contributed by atoms with Crippen molar-refractivity contribution in [3.63, 3.8) is 0 Å². The maximum Gasteiger partial charge on any atom is 0.416 e. The zero-order chi connectivity index (χ0) is 19.5. The fraction of sp³-hybridized carbons (Fsp3) is 0.278. The molecule has 140 valence electrons. The first-order valence-electron chi connectivity index (χ1n) is 7.73. The number of rotatable bonds is 5. The Labute approximate surface area is 150 Å². The van der Waals surface area contributed by atoms with Crippen molar-refractivity contribution < 1.29 is 26.4 Å². The van der Waals surface area contributed by atoms with Crippen LogP contribution in [0, 0.1) is 0 Å². The zero-order valence-corrected chi connectivity index (χ0v) is 15.0. The van der Waals surface area contributed by atoms with Gasteiger partial charge >= 0.3 is 6.18 Å². The standard InChI is InChI=1S/C18H18F3NO3S/c1-13(17(23)22(2)15-9-4-3-5-10-15)26(24,25)12-14-8-6-7-11-16(14)18(19,20)21/h3-11,13H,12H2,1-2H3/t13-/m1/s1. The van der Waals surface area contributed by atoms with E-state index in [2.05, 4.69) is 0 Å². The molecule has 0 spiro atoms. The van der Waals surface area contributed by atoms with E-state index in [0.29, 0.717) is 5.69 Å². The Balaban J connectivity index is 2.27. The maximum absolute atomic E-state index is 13.1. The van der Waals surface area contributed by atoms with Gasteiger partial charge in [-0.2, -0.15) is 13.2 Å². The average Bonchev–Trinajstić information content (AvgIpc) is 2.59. The summed E-state index contributed by atoms with van der Waals surface area (Å²) in [6, 6.07) is 12.9. The lowest BCUT2D eigenvalue weighted by Gasteiger charge is -2.22. The van der Waals surface area contributed by atoms with E-state index in [1.54, 1.807) is 30.3 Å². The Morgan fingerprint density at radius 1 is 1.04 bits per heavy atom. The van der Waals surface area contributed by atoms with E-state index in [1.807, 2.05) is 0 Å². The fourth-order valence-electron chi connectivity index (χ4n) is 2.47. The third kappa shape index (κ3) is 4.43. The molecule has 0 aliphatic heterocycles. The number of sulfone groups is 1. The molecular weight excluding hydrogens is 367 g/mol. The molecule has 8 heteroatoms. The van der Waals surface area contributed by atoms with Crippen molar-refractivity contribution in [2.24, 2.45) is 0 Å². The lowest BCUT2D eigenvalue weighted by Crippen LogP contribution is -2.40. The molecule has 1 amide bonds. The highest BCUT2D eigenvalue weighted by Gasteiger charge is 2.36. The molecule has 4 nitrogen and oxygen atoms in total. The SMILES string of the molecule is C[C@H](C(=O)N(C)c1ccccc1)S(=O)(=O)Cc1ccccc1C(F)(F)F. The van der Waals surface area contributed by atoms with Crippen molar-refractivity contribution in [3.8, 4) is 0 Å². The minimum atomic E-state index is -4.67. The van der Waals surface area contributed by atoms with E-state index in [9.17, 15) is 26.4 Å².